The number of likely N-dealkylation sites (tertiary alicyclic amines) is 1. The minimum atomic E-state index is -4.68. The van der Waals surface area contributed by atoms with Gasteiger partial charge < -0.3 is 10.4 Å². The fourth-order valence-electron chi connectivity index (χ4n) is 3.31. The number of hydrogen-bond donors (Lipinski definition) is 2. The number of rotatable bonds is 5. The van der Waals surface area contributed by atoms with Crippen molar-refractivity contribution in [3.05, 3.63) is 35.6 Å². The summed E-state index contributed by atoms with van der Waals surface area (Å²) in [7, 11) is 0. The van der Waals surface area contributed by atoms with Crippen LogP contribution in [0.1, 0.15) is 24.4 Å². The zero-order chi connectivity index (χ0) is 19.1. The van der Waals surface area contributed by atoms with E-state index in [4.69, 9.17) is 0 Å². The number of amides is 1. The van der Waals surface area contributed by atoms with Gasteiger partial charge in [-0.25, -0.2) is 4.39 Å². The molecule has 1 saturated heterocycles. The zero-order valence-corrected chi connectivity index (χ0v) is 14.9. The summed E-state index contributed by atoms with van der Waals surface area (Å²) in [5.74, 6) is -6.28. The molecule has 2 N–H and O–H groups in total. The predicted molar refractivity (Wildman–Crippen MR) is 89.8 cm³/mol. The number of halogens is 5. The van der Waals surface area contributed by atoms with Crippen LogP contribution in [0.2, 0.25) is 0 Å². The van der Waals surface area contributed by atoms with Crippen LogP contribution in [0.25, 0.3) is 0 Å². The molecule has 0 radical (unpaired) electrons. The molecule has 0 bridgehead atoms. The monoisotopic (exact) mass is 410 g/mol. The molecule has 1 aromatic carbocycles. The van der Waals surface area contributed by atoms with Crippen molar-refractivity contribution < 1.29 is 32.3 Å². The number of carboxylic acids is 1. The lowest BCUT2D eigenvalue weighted by Crippen LogP contribution is -2.41. The minimum absolute atomic E-state index is 0. The van der Waals surface area contributed by atoms with Crippen molar-refractivity contribution in [2.24, 2.45) is 11.8 Å². The molecule has 1 aliphatic heterocycles. The van der Waals surface area contributed by atoms with Gasteiger partial charge in [-0.15, -0.1) is 12.4 Å². The van der Waals surface area contributed by atoms with E-state index in [-0.39, 0.29) is 18.4 Å². The second kappa shape index (κ2) is 8.02. The van der Waals surface area contributed by atoms with Crippen LogP contribution in [0.15, 0.2) is 24.3 Å². The molecule has 150 valence electrons. The van der Waals surface area contributed by atoms with Gasteiger partial charge in [-0.1, -0.05) is 12.1 Å². The number of nitrogens with one attached hydrogen (secondary N) is 1. The van der Waals surface area contributed by atoms with Gasteiger partial charge in [-0.3, -0.25) is 14.5 Å². The number of alkyl halides is 3. The summed E-state index contributed by atoms with van der Waals surface area (Å²) in [5.41, 5.74) is 0.330. The fraction of sp³-hybridized carbons (Fsp3) is 0.529. The molecular formula is C17H19ClF4N2O3. The molecule has 1 amide bonds. The highest BCUT2D eigenvalue weighted by atomic mass is 35.5. The van der Waals surface area contributed by atoms with Gasteiger partial charge in [0.2, 0.25) is 5.91 Å². The zero-order valence-electron chi connectivity index (χ0n) is 14.1. The number of benzene rings is 1. The van der Waals surface area contributed by atoms with Gasteiger partial charge in [0.15, 0.2) is 0 Å². The van der Waals surface area contributed by atoms with E-state index in [0.717, 1.165) is 25.0 Å². The number of aliphatic carboxylic acids is 1. The molecule has 1 aromatic rings. The van der Waals surface area contributed by atoms with Gasteiger partial charge in [0.1, 0.15) is 11.9 Å². The summed E-state index contributed by atoms with van der Waals surface area (Å²) < 4.78 is 52.9. The van der Waals surface area contributed by atoms with Crippen LogP contribution in [0.5, 0.6) is 0 Å². The maximum Gasteiger partial charge on any atom is 0.393 e. The molecule has 27 heavy (non-hydrogen) atoms. The van der Waals surface area contributed by atoms with Crippen molar-refractivity contribution in [3.63, 3.8) is 0 Å². The second-order valence-electron chi connectivity index (χ2n) is 6.78. The van der Waals surface area contributed by atoms with E-state index < -0.39 is 54.8 Å². The molecular weight excluding hydrogens is 392 g/mol. The normalized spacial score (nSPS) is 24.1. The summed E-state index contributed by atoms with van der Waals surface area (Å²) in [5, 5.41) is 11.9. The maximum atomic E-state index is 13.2. The Morgan fingerprint density at radius 1 is 1.15 bits per heavy atom. The van der Waals surface area contributed by atoms with Crippen molar-refractivity contribution in [3.8, 4) is 0 Å². The Kier molecular flexibility index (Phi) is 6.36. The van der Waals surface area contributed by atoms with Gasteiger partial charge in [-0.05, 0) is 30.5 Å². The summed E-state index contributed by atoms with van der Waals surface area (Å²) in [6, 6.07) is 3.82. The molecule has 1 saturated carbocycles. The highest BCUT2D eigenvalue weighted by molar-refractivity contribution is 5.85. The van der Waals surface area contributed by atoms with E-state index in [1.54, 1.807) is 0 Å². The molecule has 2 fully saturated rings. The summed E-state index contributed by atoms with van der Waals surface area (Å²) in [4.78, 5) is 25.1. The largest absolute Gasteiger partial charge is 0.481 e. The molecule has 1 unspecified atom stereocenters. The Morgan fingerprint density at radius 3 is 2.19 bits per heavy atom. The first-order valence-corrected chi connectivity index (χ1v) is 8.26. The molecule has 2 aliphatic rings. The first-order chi connectivity index (χ1) is 12.2. The number of carbonyl (C=O) groups is 2. The van der Waals surface area contributed by atoms with Crippen LogP contribution in [0, 0.1) is 17.7 Å². The lowest BCUT2D eigenvalue weighted by molar-refractivity contribution is -0.188. The van der Waals surface area contributed by atoms with Gasteiger partial charge >= 0.3 is 12.1 Å². The van der Waals surface area contributed by atoms with Crippen LogP contribution in [-0.2, 0) is 9.59 Å². The van der Waals surface area contributed by atoms with Gasteiger partial charge in [0.25, 0.3) is 0 Å². The average Bonchev–Trinajstić information content (AvgIpc) is 3.23. The molecule has 3 atom stereocenters. The Bertz CT molecular complexity index is 694. The van der Waals surface area contributed by atoms with Crippen LogP contribution >= 0.6 is 12.4 Å². The first-order valence-electron chi connectivity index (χ1n) is 8.26. The van der Waals surface area contributed by atoms with Crippen molar-refractivity contribution in [1.29, 1.82) is 0 Å². The molecule has 0 spiro atoms. The molecule has 0 aromatic heterocycles. The Hall–Kier alpha value is -1.87. The first kappa shape index (κ1) is 21.4. The van der Waals surface area contributed by atoms with Crippen molar-refractivity contribution in [2.75, 3.05) is 13.1 Å². The number of carbonyl (C=O) groups excluding carboxylic acids is 1. The highest BCUT2D eigenvalue weighted by Gasteiger charge is 2.54. The smallest absolute Gasteiger partial charge is 0.393 e. The van der Waals surface area contributed by atoms with Crippen LogP contribution in [0.4, 0.5) is 17.6 Å². The number of hydrogen-bond acceptors (Lipinski definition) is 3. The Labute approximate surface area is 159 Å². The van der Waals surface area contributed by atoms with E-state index in [0.29, 0.717) is 5.56 Å². The highest BCUT2D eigenvalue weighted by Crippen LogP contribution is 2.41. The second-order valence-corrected chi connectivity index (χ2v) is 6.78. The van der Waals surface area contributed by atoms with Crippen molar-refractivity contribution >= 4 is 24.3 Å². The van der Waals surface area contributed by atoms with Crippen molar-refractivity contribution in [1.82, 2.24) is 10.2 Å². The molecule has 3 rings (SSSR count). The SMILES string of the molecule is Cl.O=C(NC1CC1)C(c1ccc(F)cc1)N1C[C@@H](C(F)(F)F)[C@H](C(=O)O)C1. The molecule has 10 heteroatoms. The third-order valence-corrected chi connectivity index (χ3v) is 4.81. The lowest BCUT2D eigenvalue weighted by atomic mass is 9.96. The van der Waals surface area contributed by atoms with Crippen LogP contribution < -0.4 is 5.32 Å². The van der Waals surface area contributed by atoms with E-state index >= 15 is 0 Å². The van der Waals surface area contributed by atoms with E-state index in [9.17, 15) is 32.3 Å². The summed E-state index contributed by atoms with van der Waals surface area (Å²) in [6.07, 6.45) is -3.09. The number of nitrogens with zero attached hydrogens (tertiary/aromatic N) is 1. The molecule has 1 heterocycles. The van der Waals surface area contributed by atoms with Gasteiger partial charge in [0.05, 0.1) is 11.8 Å². The van der Waals surface area contributed by atoms with Gasteiger partial charge in [-0.2, -0.15) is 13.2 Å². The fourth-order valence-corrected chi connectivity index (χ4v) is 3.31. The molecule has 5 nitrogen and oxygen atoms in total. The maximum absolute atomic E-state index is 13.2. The lowest BCUT2D eigenvalue weighted by Gasteiger charge is -2.27. The summed E-state index contributed by atoms with van der Waals surface area (Å²) in [6.45, 7) is -1.000. The standard InChI is InChI=1S/C17H18F4N2O3.ClH/c18-10-3-1-9(2-4-10)14(15(24)22-11-5-6-11)23-7-12(16(25)26)13(8-23)17(19,20)21;/h1-4,11-14H,5-8H2,(H,22,24)(H,25,26);1H/t12-,13-,14?;/m1./s1. The van der Waals surface area contributed by atoms with Gasteiger partial charge in [0, 0.05) is 19.1 Å². The quantitative estimate of drug-likeness (QED) is 0.732. The molecule has 1 aliphatic carbocycles. The third kappa shape index (κ3) is 4.90. The third-order valence-electron chi connectivity index (χ3n) is 4.81. The minimum Gasteiger partial charge on any atom is -0.481 e. The predicted octanol–water partition coefficient (Wildman–Crippen LogP) is 2.76. The van der Waals surface area contributed by atoms with Crippen molar-refractivity contribution in [2.45, 2.75) is 31.1 Å². The van der Waals surface area contributed by atoms with Crippen LogP contribution in [0.3, 0.4) is 0 Å². The van der Waals surface area contributed by atoms with E-state index in [2.05, 4.69) is 5.32 Å². The summed E-state index contributed by atoms with van der Waals surface area (Å²) >= 11 is 0. The topological polar surface area (TPSA) is 69.6 Å². The van der Waals surface area contributed by atoms with Crippen LogP contribution in [-0.4, -0.2) is 47.2 Å². The Morgan fingerprint density at radius 2 is 1.74 bits per heavy atom. The number of carboxylic acid groups (broad SMARTS) is 1. The van der Waals surface area contributed by atoms with E-state index in [1.165, 1.54) is 17.0 Å². The Balaban J connectivity index is 0.00000261. The average molecular weight is 411 g/mol. The van der Waals surface area contributed by atoms with E-state index in [1.807, 2.05) is 0 Å².